The van der Waals surface area contributed by atoms with Crippen LogP contribution in [0.15, 0.2) is 23.3 Å². The summed E-state index contributed by atoms with van der Waals surface area (Å²) in [7, 11) is 0. The number of carbonyl (C=O) groups excluding carboxylic acids is 2. The predicted octanol–water partition coefficient (Wildman–Crippen LogP) is 6.79. The largest absolute Gasteiger partial charge is 0.465 e. The van der Waals surface area contributed by atoms with Crippen LogP contribution in [0, 0.1) is 17.8 Å². The van der Waals surface area contributed by atoms with E-state index in [4.69, 9.17) is 9.47 Å². The molecule has 0 saturated heterocycles. The fourth-order valence-electron chi connectivity index (χ4n) is 3.79. The van der Waals surface area contributed by atoms with Crippen molar-refractivity contribution in [3.63, 3.8) is 0 Å². The van der Waals surface area contributed by atoms with Crippen LogP contribution in [0.1, 0.15) is 98.8 Å². The molecule has 172 valence electrons. The van der Waals surface area contributed by atoms with Gasteiger partial charge in [-0.25, -0.2) is 4.79 Å². The Labute approximate surface area is 184 Å². The van der Waals surface area contributed by atoms with Gasteiger partial charge in [0.05, 0.1) is 24.7 Å². The van der Waals surface area contributed by atoms with E-state index in [2.05, 4.69) is 27.7 Å². The quantitative estimate of drug-likeness (QED) is 0.290. The van der Waals surface area contributed by atoms with E-state index in [1.807, 2.05) is 13.0 Å². The molecule has 4 heteroatoms. The van der Waals surface area contributed by atoms with Crippen molar-refractivity contribution in [1.82, 2.24) is 0 Å². The molecule has 0 radical (unpaired) electrons. The predicted molar refractivity (Wildman–Crippen MR) is 123 cm³/mol. The molecule has 1 aliphatic carbocycles. The first kappa shape index (κ1) is 26.5. The van der Waals surface area contributed by atoms with Gasteiger partial charge >= 0.3 is 11.9 Å². The molecule has 0 heterocycles. The summed E-state index contributed by atoms with van der Waals surface area (Å²) in [5.74, 6) is -0.412. The lowest BCUT2D eigenvalue weighted by Gasteiger charge is -2.21. The number of unbranched alkanes of at least 4 members (excludes halogenated alkanes) is 2. The summed E-state index contributed by atoms with van der Waals surface area (Å²) in [6.07, 6.45) is 13.8. The Morgan fingerprint density at radius 3 is 2.03 bits per heavy atom. The minimum Gasteiger partial charge on any atom is -0.465 e. The highest BCUT2D eigenvalue weighted by atomic mass is 16.5. The van der Waals surface area contributed by atoms with E-state index in [1.54, 1.807) is 6.08 Å². The Hall–Kier alpha value is -1.58. The molecule has 0 aromatic carbocycles. The third-order valence-corrected chi connectivity index (χ3v) is 6.27. The number of esters is 2. The van der Waals surface area contributed by atoms with Crippen LogP contribution in [0.25, 0.3) is 0 Å². The molecule has 3 atom stereocenters. The van der Waals surface area contributed by atoms with Gasteiger partial charge in [-0.1, -0.05) is 83.9 Å². The number of ether oxygens (including phenoxy) is 2. The van der Waals surface area contributed by atoms with Crippen molar-refractivity contribution in [3.8, 4) is 0 Å². The minimum absolute atomic E-state index is 0.283. The standard InChI is InChI=1S/C26H44O4/c1-6-10-12-21(8-3)18-29-25(27)23-16-14-20(5)15-17-24(23)26(28)30-19-22(9-4)13-11-7-2/h14,16,21-22,24H,6-13,15,17-19H2,1-5H3. The highest BCUT2D eigenvalue weighted by molar-refractivity contribution is 5.96. The molecular weight excluding hydrogens is 376 g/mol. The van der Waals surface area contributed by atoms with E-state index in [-0.39, 0.29) is 11.9 Å². The summed E-state index contributed by atoms with van der Waals surface area (Å²) in [6.45, 7) is 11.5. The SMILES string of the molecule is CCCCC(CC)COC(=O)C1=CC=C(C)CCC1C(=O)OCC(CC)CCCC. The highest BCUT2D eigenvalue weighted by Crippen LogP contribution is 2.27. The molecule has 0 aliphatic heterocycles. The second-order valence-electron chi connectivity index (χ2n) is 8.79. The smallest absolute Gasteiger partial charge is 0.334 e. The van der Waals surface area contributed by atoms with Gasteiger partial charge in [0.1, 0.15) is 0 Å². The summed E-state index contributed by atoms with van der Waals surface area (Å²) in [5, 5.41) is 0. The molecule has 4 nitrogen and oxygen atoms in total. The summed E-state index contributed by atoms with van der Waals surface area (Å²) in [4.78, 5) is 25.8. The first-order valence-electron chi connectivity index (χ1n) is 12.2. The van der Waals surface area contributed by atoms with Crippen LogP contribution < -0.4 is 0 Å². The third-order valence-electron chi connectivity index (χ3n) is 6.27. The molecule has 0 amide bonds. The molecule has 0 fully saturated rings. The van der Waals surface area contributed by atoms with Gasteiger partial charge in [-0.05, 0) is 44.4 Å². The summed E-state index contributed by atoms with van der Waals surface area (Å²) in [6, 6.07) is 0. The average Bonchev–Trinajstić information content (AvgIpc) is 2.95. The average molecular weight is 421 g/mol. The van der Waals surface area contributed by atoms with Crippen molar-refractivity contribution < 1.29 is 19.1 Å². The van der Waals surface area contributed by atoms with Gasteiger partial charge in [-0.15, -0.1) is 0 Å². The maximum Gasteiger partial charge on any atom is 0.334 e. The van der Waals surface area contributed by atoms with Crippen molar-refractivity contribution in [3.05, 3.63) is 23.3 Å². The monoisotopic (exact) mass is 420 g/mol. The second kappa shape index (κ2) is 15.3. The molecule has 0 N–H and O–H groups in total. The zero-order chi connectivity index (χ0) is 22.4. The normalized spacial score (nSPS) is 18.6. The van der Waals surface area contributed by atoms with Crippen molar-refractivity contribution in [2.45, 2.75) is 98.8 Å². The van der Waals surface area contributed by atoms with Gasteiger partial charge in [0.25, 0.3) is 0 Å². The lowest BCUT2D eigenvalue weighted by atomic mass is 9.94. The number of hydrogen-bond donors (Lipinski definition) is 0. The van der Waals surface area contributed by atoms with Crippen molar-refractivity contribution in [2.24, 2.45) is 17.8 Å². The zero-order valence-electron chi connectivity index (χ0n) is 20.0. The number of hydrogen-bond acceptors (Lipinski definition) is 4. The lowest BCUT2D eigenvalue weighted by molar-refractivity contribution is -0.152. The van der Waals surface area contributed by atoms with E-state index in [1.165, 1.54) is 5.57 Å². The van der Waals surface area contributed by atoms with Gasteiger partial charge < -0.3 is 9.47 Å². The summed E-state index contributed by atoms with van der Waals surface area (Å²) in [5.41, 5.74) is 1.61. The van der Waals surface area contributed by atoms with E-state index in [0.29, 0.717) is 37.0 Å². The van der Waals surface area contributed by atoms with Crippen LogP contribution in [0.4, 0.5) is 0 Å². The number of allylic oxidation sites excluding steroid dienone is 3. The Morgan fingerprint density at radius 2 is 1.50 bits per heavy atom. The zero-order valence-corrected chi connectivity index (χ0v) is 20.0. The summed E-state index contributed by atoms with van der Waals surface area (Å²) < 4.78 is 11.4. The fraction of sp³-hybridized carbons (Fsp3) is 0.769. The Balaban J connectivity index is 2.75. The van der Waals surface area contributed by atoms with Gasteiger partial charge in [0, 0.05) is 0 Å². The highest BCUT2D eigenvalue weighted by Gasteiger charge is 2.31. The van der Waals surface area contributed by atoms with Crippen LogP contribution >= 0.6 is 0 Å². The van der Waals surface area contributed by atoms with Gasteiger partial charge in [0.2, 0.25) is 0 Å². The van der Waals surface area contributed by atoms with Crippen LogP contribution in [-0.2, 0) is 19.1 Å². The second-order valence-corrected chi connectivity index (χ2v) is 8.79. The van der Waals surface area contributed by atoms with Crippen LogP contribution in [0.5, 0.6) is 0 Å². The van der Waals surface area contributed by atoms with Crippen LogP contribution in [0.2, 0.25) is 0 Å². The van der Waals surface area contributed by atoms with Crippen molar-refractivity contribution in [1.29, 1.82) is 0 Å². The van der Waals surface area contributed by atoms with E-state index < -0.39 is 5.92 Å². The summed E-state index contributed by atoms with van der Waals surface area (Å²) >= 11 is 0. The maximum absolute atomic E-state index is 12.9. The van der Waals surface area contributed by atoms with Gasteiger partial charge in [0.15, 0.2) is 0 Å². The van der Waals surface area contributed by atoms with Crippen molar-refractivity contribution in [2.75, 3.05) is 13.2 Å². The molecule has 0 spiro atoms. The third kappa shape index (κ3) is 9.49. The maximum atomic E-state index is 12.9. The van der Waals surface area contributed by atoms with E-state index in [9.17, 15) is 9.59 Å². The molecular formula is C26H44O4. The first-order chi connectivity index (χ1) is 14.5. The first-order valence-corrected chi connectivity index (χ1v) is 12.2. The Bertz CT molecular complexity index is 576. The molecule has 3 unspecified atom stereocenters. The molecule has 1 aliphatic rings. The van der Waals surface area contributed by atoms with Crippen LogP contribution in [0.3, 0.4) is 0 Å². The Morgan fingerprint density at radius 1 is 0.933 bits per heavy atom. The van der Waals surface area contributed by atoms with Crippen molar-refractivity contribution >= 4 is 11.9 Å². The fourth-order valence-corrected chi connectivity index (χ4v) is 3.79. The van der Waals surface area contributed by atoms with Crippen LogP contribution in [-0.4, -0.2) is 25.2 Å². The van der Waals surface area contributed by atoms with E-state index >= 15 is 0 Å². The van der Waals surface area contributed by atoms with E-state index in [0.717, 1.165) is 57.8 Å². The lowest BCUT2D eigenvalue weighted by Crippen LogP contribution is -2.27. The molecule has 1 rings (SSSR count). The minimum atomic E-state index is -0.536. The Kier molecular flexibility index (Phi) is 13.5. The topological polar surface area (TPSA) is 52.6 Å². The van der Waals surface area contributed by atoms with Gasteiger partial charge in [-0.2, -0.15) is 0 Å². The van der Waals surface area contributed by atoms with Gasteiger partial charge in [-0.3, -0.25) is 4.79 Å². The molecule has 0 aromatic rings. The molecule has 0 saturated carbocycles. The molecule has 30 heavy (non-hydrogen) atoms. The molecule has 0 aromatic heterocycles. The number of carbonyl (C=O) groups is 2. The molecule has 0 bridgehead atoms. The number of rotatable bonds is 14.